The van der Waals surface area contributed by atoms with E-state index < -0.39 is 12.1 Å². The van der Waals surface area contributed by atoms with Crippen molar-refractivity contribution >= 4 is 92.4 Å². The van der Waals surface area contributed by atoms with Crippen molar-refractivity contribution in [3.63, 3.8) is 0 Å². The number of Topliss-reactive ketones (excluding diaryl/α,β-unsaturated/α-hetero) is 2. The van der Waals surface area contributed by atoms with E-state index in [4.69, 9.17) is 18.9 Å². The van der Waals surface area contributed by atoms with Gasteiger partial charge in [-0.25, -0.2) is 9.59 Å². The van der Waals surface area contributed by atoms with Crippen LogP contribution < -0.4 is 40.2 Å². The van der Waals surface area contributed by atoms with Crippen molar-refractivity contribution in [2.75, 3.05) is 111 Å². The Bertz CT molecular complexity index is 4140. The number of benzene rings is 6. The average molecular weight is 1290 g/mol. The van der Waals surface area contributed by atoms with Crippen molar-refractivity contribution in [3.8, 4) is 23.0 Å². The van der Waals surface area contributed by atoms with Gasteiger partial charge >= 0.3 is 12.1 Å². The van der Waals surface area contributed by atoms with Gasteiger partial charge < -0.3 is 69.8 Å². The third kappa shape index (κ3) is 16.8. The summed E-state index contributed by atoms with van der Waals surface area (Å²) in [6.45, 7) is 2.81. The van der Waals surface area contributed by atoms with E-state index in [-0.39, 0.29) is 35.7 Å². The van der Waals surface area contributed by atoms with Crippen LogP contribution >= 0.6 is 0 Å². The molecule has 6 aromatic carbocycles. The Morgan fingerprint density at radius 2 is 0.947 bits per heavy atom. The van der Waals surface area contributed by atoms with Gasteiger partial charge in [-0.05, 0) is 193 Å². The Morgan fingerprint density at radius 1 is 0.516 bits per heavy atom. The van der Waals surface area contributed by atoms with E-state index in [2.05, 4.69) is 31.2 Å². The number of rotatable bonds is 18. The van der Waals surface area contributed by atoms with Crippen LogP contribution in [0.25, 0.3) is 27.9 Å². The number of nitrogens with zero attached hydrogens (tertiary/aromatic N) is 4. The highest BCUT2D eigenvalue weighted by Crippen LogP contribution is 2.42. The maximum absolute atomic E-state index is 13.6. The molecule has 4 heterocycles. The van der Waals surface area contributed by atoms with Crippen LogP contribution in [-0.2, 0) is 0 Å². The molecule has 2 aromatic heterocycles. The molecular weight excluding hydrogens is 1200 g/mol. The number of ketones is 2. The SMILES string of the molecule is CN(C)CCN(C)C(=O)c1ccc(NC(=O)Nc2ccc3c(c2)C(=O)CO3)cc1.COc1ccc2[nH]c(C3CCCCC3)c(/C=C3\Oc4ccc(NC(=O)Nc5ccc(C(=O)N(C)CCN(C)C)cc5)cc4C3=O)c2c1.COc1ccc2[nH]c(C3CCCCC3)c(C=O)c2c1. The van der Waals surface area contributed by atoms with Gasteiger partial charge in [-0.3, -0.25) is 24.0 Å². The van der Waals surface area contributed by atoms with Gasteiger partial charge in [0.1, 0.15) is 23.0 Å². The van der Waals surface area contributed by atoms with E-state index in [9.17, 15) is 33.6 Å². The van der Waals surface area contributed by atoms with E-state index in [0.29, 0.717) is 81.4 Å². The second-order valence-electron chi connectivity index (χ2n) is 25.0. The molecule has 0 bridgehead atoms. The number of nitrogens with one attached hydrogen (secondary N) is 6. The van der Waals surface area contributed by atoms with Gasteiger partial charge in [-0.15, -0.1) is 0 Å². The Morgan fingerprint density at radius 3 is 1.41 bits per heavy atom. The lowest BCUT2D eigenvalue weighted by molar-refractivity contribution is 0.0779. The van der Waals surface area contributed by atoms with Gasteiger partial charge in [0.2, 0.25) is 11.6 Å². The van der Waals surface area contributed by atoms with Gasteiger partial charge in [0, 0.05) is 118 Å². The molecule has 95 heavy (non-hydrogen) atoms. The quantitative estimate of drug-likeness (QED) is 0.0346. The molecule has 6 amide bonds. The van der Waals surface area contributed by atoms with Crippen LogP contribution in [0.5, 0.6) is 23.0 Å². The highest BCUT2D eigenvalue weighted by molar-refractivity contribution is 6.16. The van der Waals surface area contributed by atoms with Gasteiger partial charge in [-0.1, -0.05) is 38.5 Å². The first kappa shape index (κ1) is 67.6. The zero-order valence-electron chi connectivity index (χ0n) is 55.2. The summed E-state index contributed by atoms with van der Waals surface area (Å²) in [6.07, 6.45) is 14.9. The Balaban J connectivity index is 0.000000173. The van der Waals surface area contributed by atoms with Crippen molar-refractivity contribution in [1.29, 1.82) is 0 Å². The van der Waals surface area contributed by atoms with Gasteiger partial charge in [0.15, 0.2) is 18.7 Å². The number of aromatic amines is 2. The number of aldehydes is 1. The summed E-state index contributed by atoms with van der Waals surface area (Å²) in [7, 11) is 14.7. The number of carbonyl (C=O) groups excluding carboxylic acids is 7. The Hall–Kier alpha value is -10.3. The minimum absolute atomic E-state index is 0.0282. The molecule has 0 spiro atoms. The smallest absolute Gasteiger partial charge is 0.323 e. The third-order valence-electron chi connectivity index (χ3n) is 17.6. The van der Waals surface area contributed by atoms with E-state index in [1.54, 1.807) is 123 Å². The second-order valence-corrected chi connectivity index (χ2v) is 25.0. The second kappa shape index (κ2) is 31.1. The number of amides is 6. The summed E-state index contributed by atoms with van der Waals surface area (Å²) < 4.78 is 22.1. The molecule has 0 unspecified atom stereocenters. The van der Waals surface area contributed by atoms with Crippen molar-refractivity contribution in [2.45, 2.75) is 76.0 Å². The summed E-state index contributed by atoms with van der Waals surface area (Å²) in [5.41, 5.74) is 10.0. The number of aromatic nitrogens is 2. The summed E-state index contributed by atoms with van der Waals surface area (Å²) in [4.78, 5) is 101. The van der Waals surface area contributed by atoms with Crippen molar-refractivity contribution in [3.05, 3.63) is 172 Å². The molecule has 0 saturated heterocycles. The number of methoxy groups -OCH3 is 2. The standard InChI is InChI=1S/C37H41N5O5.C21H24N4O4.C16H19NO2/c1-41(2)18-19-42(3)36(44)24-10-12-25(13-11-24)38-37(45)39-26-14-17-32-30(20-26)35(43)33(47-32)22-29-28-21-27(46-4)15-16-31(28)40-34(29)23-8-6-5-7-9-23;1-24(2)10-11-25(3)20(27)14-4-6-15(7-5-14)22-21(28)23-16-8-9-19-17(12-16)18(26)13-29-19;1-19-12-7-8-15-13(9-12)14(10-18)16(17-15)11-5-3-2-4-6-11/h10-17,20-23,40H,5-9,18-19H2,1-4H3,(H2,38,39,45);4-9,12H,10-11,13H2,1-3H3,(H2,22,23,28);7-11,17H,2-6H2,1H3/b33-22-;;. The number of ether oxygens (including phenoxy) is 4. The number of likely N-dealkylation sites (N-methyl/N-ethyl adjacent to an activating group) is 4. The number of carbonyl (C=O) groups is 7. The van der Waals surface area contributed by atoms with Crippen LogP contribution in [-0.4, -0.2) is 161 Å². The molecule has 8 aromatic rings. The maximum atomic E-state index is 13.6. The number of urea groups is 2. The third-order valence-corrected chi connectivity index (χ3v) is 17.6. The lowest BCUT2D eigenvalue weighted by Crippen LogP contribution is -2.33. The van der Waals surface area contributed by atoms with Crippen LogP contribution in [0.4, 0.5) is 32.3 Å². The zero-order chi connectivity index (χ0) is 67.3. The van der Waals surface area contributed by atoms with Crippen LogP contribution in [0.2, 0.25) is 0 Å². The Labute approximate surface area is 553 Å². The van der Waals surface area contributed by atoms with Crippen LogP contribution in [0.1, 0.15) is 145 Å². The Kier molecular flexibility index (Phi) is 22.2. The molecule has 21 heteroatoms. The summed E-state index contributed by atoms with van der Waals surface area (Å²) in [6, 6.07) is 34.3. The van der Waals surface area contributed by atoms with Crippen LogP contribution in [0.3, 0.4) is 0 Å². The van der Waals surface area contributed by atoms with Crippen LogP contribution in [0, 0.1) is 0 Å². The molecule has 0 atom stereocenters. The van der Waals surface area contributed by atoms with E-state index in [1.165, 1.54) is 51.4 Å². The molecule has 21 nitrogen and oxygen atoms in total. The summed E-state index contributed by atoms with van der Waals surface area (Å²) >= 11 is 0. The van der Waals surface area contributed by atoms with E-state index >= 15 is 0 Å². The largest absolute Gasteiger partial charge is 0.497 e. The number of H-pyrrole nitrogens is 2. The highest BCUT2D eigenvalue weighted by Gasteiger charge is 2.31. The summed E-state index contributed by atoms with van der Waals surface area (Å²) in [5, 5.41) is 12.9. The number of fused-ring (bicyclic) bond motifs is 4. The fourth-order valence-electron chi connectivity index (χ4n) is 12.3. The highest BCUT2D eigenvalue weighted by atomic mass is 16.5. The zero-order valence-corrected chi connectivity index (χ0v) is 55.2. The minimum Gasteiger partial charge on any atom is -0.497 e. The topological polar surface area (TPSA) is 249 Å². The number of allylic oxidation sites excluding steroid dienone is 1. The molecule has 2 fully saturated rings. The lowest BCUT2D eigenvalue weighted by atomic mass is 9.85. The van der Waals surface area contributed by atoms with Crippen molar-refractivity contribution in [1.82, 2.24) is 29.6 Å². The molecule has 496 valence electrons. The fourth-order valence-corrected chi connectivity index (χ4v) is 12.3. The molecule has 0 radical (unpaired) electrons. The minimum atomic E-state index is -0.473. The van der Waals surface area contributed by atoms with E-state index in [0.717, 1.165) is 88.0 Å². The molecular formula is C74H84N10O11. The monoisotopic (exact) mass is 1290 g/mol. The molecule has 12 rings (SSSR count). The predicted molar refractivity (Wildman–Crippen MR) is 372 cm³/mol. The van der Waals surface area contributed by atoms with Crippen LogP contribution in [0.15, 0.2) is 127 Å². The van der Waals surface area contributed by atoms with Gasteiger partial charge in [0.25, 0.3) is 11.8 Å². The normalized spacial score (nSPS) is 14.8. The number of hydrogen-bond donors (Lipinski definition) is 6. The lowest BCUT2D eigenvalue weighted by Gasteiger charge is -2.21. The molecule has 4 aliphatic rings. The number of hydrogen-bond acceptors (Lipinski definition) is 13. The molecule has 6 N–H and O–H groups in total. The predicted octanol–water partition coefficient (Wildman–Crippen LogP) is 13.7. The number of anilines is 4. The first-order chi connectivity index (χ1) is 45.9. The fraction of sp³-hybridized carbons (Fsp3) is 0.338. The molecule has 2 aliphatic heterocycles. The van der Waals surface area contributed by atoms with Crippen molar-refractivity contribution in [2.24, 2.45) is 0 Å². The van der Waals surface area contributed by atoms with E-state index in [1.807, 2.05) is 80.5 Å². The van der Waals surface area contributed by atoms with Gasteiger partial charge in [-0.2, -0.15) is 0 Å². The first-order valence-electron chi connectivity index (χ1n) is 32.3. The van der Waals surface area contributed by atoms with Crippen molar-refractivity contribution < 1.29 is 52.5 Å². The van der Waals surface area contributed by atoms with Gasteiger partial charge in [0.05, 0.1) is 25.3 Å². The average Bonchev–Trinajstić information content (AvgIpc) is 1.65. The maximum Gasteiger partial charge on any atom is 0.323 e. The molecule has 2 saturated carbocycles. The molecule has 2 aliphatic carbocycles. The summed E-state index contributed by atoms with van der Waals surface area (Å²) in [5.74, 6) is 3.12. The first-order valence-corrected chi connectivity index (χ1v) is 32.3.